The molecule has 3 heteroatoms. The third-order valence-electron chi connectivity index (χ3n) is 6.77. The Morgan fingerprint density at radius 2 is 2.05 bits per heavy atom. The molecule has 2 bridgehead atoms. The van der Waals surface area contributed by atoms with Crippen molar-refractivity contribution in [1.82, 2.24) is 5.32 Å². The van der Waals surface area contributed by atoms with Gasteiger partial charge < -0.3 is 5.32 Å². The van der Waals surface area contributed by atoms with Crippen LogP contribution in [0.15, 0.2) is 4.99 Å². The maximum Gasteiger partial charge on any atom is 0.156 e. The van der Waals surface area contributed by atoms with Crippen LogP contribution < -0.4 is 5.32 Å². The first-order chi connectivity index (χ1) is 10.2. The van der Waals surface area contributed by atoms with Gasteiger partial charge in [0, 0.05) is 18.3 Å². The highest BCUT2D eigenvalue weighted by molar-refractivity contribution is 8.13. The van der Waals surface area contributed by atoms with Crippen LogP contribution in [0, 0.1) is 23.2 Å². The monoisotopic (exact) mass is 306 g/mol. The van der Waals surface area contributed by atoms with Crippen molar-refractivity contribution in [2.45, 2.75) is 70.8 Å². The molecule has 1 N–H and O–H groups in total. The summed E-state index contributed by atoms with van der Waals surface area (Å²) in [5.74, 6) is 4.28. The molecule has 1 aliphatic heterocycles. The highest BCUT2D eigenvalue weighted by Crippen LogP contribution is 2.49. The van der Waals surface area contributed by atoms with Gasteiger partial charge >= 0.3 is 0 Å². The molecule has 0 amide bonds. The van der Waals surface area contributed by atoms with E-state index in [0.29, 0.717) is 11.5 Å². The number of nitrogens with one attached hydrogen (secondary N) is 1. The van der Waals surface area contributed by atoms with Crippen LogP contribution in [0.4, 0.5) is 0 Å². The van der Waals surface area contributed by atoms with Gasteiger partial charge in [0.25, 0.3) is 0 Å². The molecule has 4 aliphatic rings. The summed E-state index contributed by atoms with van der Waals surface area (Å²) in [7, 11) is 0. The molecule has 3 fully saturated rings. The van der Waals surface area contributed by atoms with E-state index < -0.39 is 0 Å². The van der Waals surface area contributed by atoms with E-state index >= 15 is 0 Å². The molecule has 2 nitrogen and oxygen atoms in total. The van der Waals surface area contributed by atoms with Gasteiger partial charge in [-0.2, -0.15) is 0 Å². The maximum absolute atomic E-state index is 4.95. The second-order valence-corrected chi connectivity index (χ2v) is 9.21. The number of rotatable bonds is 2. The van der Waals surface area contributed by atoms with Crippen LogP contribution in [0.1, 0.15) is 64.7 Å². The molecular weight excluding hydrogens is 276 g/mol. The number of thioether (sulfide) groups is 1. The first-order valence-electron chi connectivity index (χ1n) is 9.18. The number of hydrogen-bond acceptors (Lipinski definition) is 3. The minimum absolute atomic E-state index is 0.559. The smallest absolute Gasteiger partial charge is 0.156 e. The Kier molecular flexibility index (Phi) is 3.97. The second-order valence-electron chi connectivity index (χ2n) is 8.24. The normalized spacial score (nSPS) is 39.3. The summed E-state index contributed by atoms with van der Waals surface area (Å²) in [6.07, 6.45) is 13.1. The summed E-state index contributed by atoms with van der Waals surface area (Å²) in [4.78, 5) is 4.95. The number of aliphatic imine (C=N–C) groups is 1. The lowest BCUT2D eigenvalue weighted by molar-refractivity contribution is 0.231. The second kappa shape index (κ2) is 5.79. The first kappa shape index (κ1) is 14.4. The van der Waals surface area contributed by atoms with Crippen LogP contribution in [0.2, 0.25) is 0 Å². The average molecular weight is 307 g/mol. The van der Waals surface area contributed by atoms with Gasteiger partial charge in [-0.1, -0.05) is 37.4 Å². The number of hydrogen-bond donors (Lipinski definition) is 1. The third kappa shape index (κ3) is 2.87. The summed E-state index contributed by atoms with van der Waals surface area (Å²) in [5, 5.41) is 5.03. The number of fused-ring (bicyclic) bond motifs is 2. The van der Waals surface area contributed by atoms with Gasteiger partial charge in [0.2, 0.25) is 0 Å². The van der Waals surface area contributed by atoms with E-state index in [2.05, 4.69) is 12.2 Å². The predicted octanol–water partition coefficient (Wildman–Crippen LogP) is 4.45. The van der Waals surface area contributed by atoms with Crippen LogP contribution >= 0.6 is 11.8 Å². The Balaban J connectivity index is 1.33. The molecule has 4 unspecified atom stereocenters. The molecule has 4 atom stereocenters. The number of amidine groups is 1. The Morgan fingerprint density at radius 1 is 1.19 bits per heavy atom. The fraction of sp³-hybridized carbons (Fsp3) is 0.944. The van der Waals surface area contributed by atoms with Crippen LogP contribution in [0.25, 0.3) is 0 Å². The highest BCUT2D eigenvalue weighted by atomic mass is 32.2. The van der Waals surface area contributed by atoms with E-state index in [1.807, 2.05) is 11.8 Å². The molecule has 4 rings (SSSR count). The quantitative estimate of drug-likeness (QED) is 0.815. The standard InChI is InChI=1S/C18H30N2S/c1-13(16-10-14-5-6-15(16)9-14)20-17-19-11-18(12-21-17)7-3-2-4-8-18/h13-16H,2-12H2,1H3,(H,19,20). The van der Waals surface area contributed by atoms with Gasteiger partial charge in [-0.05, 0) is 62.2 Å². The fourth-order valence-corrected chi connectivity index (χ4v) is 6.70. The largest absolute Gasteiger partial charge is 0.362 e. The molecule has 3 saturated carbocycles. The van der Waals surface area contributed by atoms with E-state index in [0.717, 1.165) is 24.3 Å². The summed E-state index contributed by atoms with van der Waals surface area (Å²) in [6.45, 7) is 3.49. The summed E-state index contributed by atoms with van der Waals surface area (Å²) in [5.41, 5.74) is 0.559. The molecule has 0 aromatic carbocycles. The molecule has 0 radical (unpaired) electrons. The van der Waals surface area contributed by atoms with Crippen molar-refractivity contribution in [2.24, 2.45) is 28.2 Å². The van der Waals surface area contributed by atoms with Crippen LogP contribution in [-0.4, -0.2) is 23.5 Å². The van der Waals surface area contributed by atoms with Crippen molar-refractivity contribution in [3.05, 3.63) is 0 Å². The minimum atomic E-state index is 0.559. The van der Waals surface area contributed by atoms with Crippen LogP contribution in [-0.2, 0) is 0 Å². The lowest BCUT2D eigenvalue weighted by atomic mass is 9.75. The van der Waals surface area contributed by atoms with E-state index in [4.69, 9.17) is 4.99 Å². The molecule has 0 saturated heterocycles. The van der Waals surface area contributed by atoms with Crippen molar-refractivity contribution in [3.63, 3.8) is 0 Å². The average Bonchev–Trinajstić information content (AvgIpc) is 3.14. The van der Waals surface area contributed by atoms with Gasteiger partial charge in [-0.3, -0.25) is 4.99 Å². The van der Waals surface area contributed by atoms with Crippen molar-refractivity contribution in [3.8, 4) is 0 Å². The topological polar surface area (TPSA) is 24.4 Å². The van der Waals surface area contributed by atoms with Gasteiger partial charge in [0.1, 0.15) is 0 Å². The van der Waals surface area contributed by atoms with Gasteiger partial charge in [-0.25, -0.2) is 0 Å². The van der Waals surface area contributed by atoms with E-state index in [1.165, 1.54) is 68.7 Å². The zero-order valence-electron chi connectivity index (χ0n) is 13.4. The Morgan fingerprint density at radius 3 is 2.67 bits per heavy atom. The van der Waals surface area contributed by atoms with Gasteiger partial charge in [0.05, 0.1) is 0 Å². The molecule has 3 aliphatic carbocycles. The van der Waals surface area contributed by atoms with Crippen molar-refractivity contribution in [1.29, 1.82) is 0 Å². The SMILES string of the molecule is CC(NC1=NCC2(CCCCC2)CS1)C1CC2CCC1C2. The van der Waals surface area contributed by atoms with Crippen molar-refractivity contribution >= 4 is 16.9 Å². The van der Waals surface area contributed by atoms with E-state index in [9.17, 15) is 0 Å². The maximum atomic E-state index is 4.95. The Labute approximate surface area is 133 Å². The van der Waals surface area contributed by atoms with E-state index in [-0.39, 0.29) is 0 Å². The summed E-state index contributed by atoms with van der Waals surface area (Å²) < 4.78 is 0. The zero-order valence-corrected chi connectivity index (χ0v) is 14.3. The van der Waals surface area contributed by atoms with Crippen molar-refractivity contribution < 1.29 is 0 Å². The van der Waals surface area contributed by atoms with Gasteiger partial charge in [0.15, 0.2) is 5.17 Å². The lowest BCUT2D eigenvalue weighted by Crippen LogP contribution is -2.42. The van der Waals surface area contributed by atoms with Crippen LogP contribution in [0.3, 0.4) is 0 Å². The Hall–Kier alpha value is -0.180. The fourth-order valence-electron chi connectivity index (χ4n) is 5.45. The summed E-state index contributed by atoms with van der Waals surface area (Å²) in [6, 6.07) is 0.631. The molecule has 1 heterocycles. The molecular formula is C18H30N2S. The highest BCUT2D eigenvalue weighted by Gasteiger charge is 2.42. The van der Waals surface area contributed by atoms with Crippen molar-refractivity contribution in [2.75, 3.05) is 12.3 Å². The molecule has 0 aromatic heterocycles. The lowest BCUT2D eigenvalue weighted by Gasteiger charge is -2.39. The van der Waals surface area contributed by atoms with Crippen LogP contribution in [0.5, 0.6) is 0 Å². The molecule has 0 aromatic rings. The minimum Gasteiger partial charge on any atom is -0.362 e. The molecule has 118 valence electrons. The molecule has 21 heavy (non-hydrogen) atoms. The van der Waals surface area contributed by atoms with E-state index in [1.54, 1.807) is 0 Å². The molecule has 1 spiro atoms. The Bertz CT molecular complexity index is 413. The predicted molar refractivity (Wildman–Crippen MR) is 91.8 cm³/mol. The first-order valence-corrected chi connectivity index (χ1v) is 10.2. The summed E-state index contributed by atoms with van der Waals surface area (Å²) >= 11 is 2.01. The van der Waals surface area contributed by atoms with Gasteiger partial charge in [-0.15, -0.1) is 0 Å². The zero-order chi connectivity index (χ0) is 14.3. The number of nitrogens with zero attached hydrogens (tertiary/aromatic N) is 1. The third-order valence-corrected chi connectivity index (χ3v) is 8.05.